The van der Waals surface area contributed by atoms with E-state index in [9.17, 15) is 13.2 Å². The van der Waals surface area contributed by atoms with Gasteiger partial charge in [-0.15, -0.1) is 23.4 Å². The van der Waals surface area contributed by atoms with E-state index in [0.29, 0.717) is 28.7 Å². The van der Waals surface area contributed by atoms with Gasteiger partial charge < -0.3 is 13.9 Å². The lowest BCUT2D eigenvalue weighted by molar-refractivity contribution is -0.274. The number of alkyl halides is 3. The number of pyridine rings is 1. The van der Waals surface area contributed by atoms with Gasteiger partial charge in [0.15, 0.2) is 0 Å². The number of hydrogen-bond donors (Lipinski definition) is 1. The SMILES string of the molecule is Cc1nnc(-c2cncc(OC3=CC(C)(c4ccc(OC(F)(F)F)cc4)ON3)c2)o1. The molecule has 8 nitrogen and oxygen atoms in total. The van der Waals surface area contributed by atoms with E-state index in [4.69, 9.17) is 14.0 Å². The van der Waals surface area contributed by atoms with Crippen LogP contribution in [-0.2, 0) is 10.4 Å². The summed E-state index contributed by atoms with van der Waals surface area (Å²) in [5, 5.41) is 7.71. The van der Waals surface area contributed by atoms with Gasteiger partial charge in [-0.2, -0.15) is 0 Å². The molecule has 0 radical (unpaired) electrons. The average Bonchev–Trinajstić information content (AvgIpc) is 3.28. The van der Waals surface area contributed by atoms with Crippen LogP contribution in [0.4, 0.5) is 13.2 Å². The number of benzene rings is 1. The predicted molar refractivity (Wildman–Crippen MR) is 95.7 cm³/mol. The second-order valence-corrected chi connectivity index (χ2v) is 6.53. The predicted octanol–water partition coefficient (Wildman–Crippen LogP) is 4.01. The molecule has 0 saturated heterocycles. The summed E-state index contributed by atoms with van der Waals surface area (Å²) in [6.45, 7) is 3.41. The highest BCUT2D eigenvalue weighted by Crippen LogP contribution is 2.34. The molecule has 4 rings (SSSR count). The number of ether oxygens (including phenoxy) is 2. The molecule has 3 aromatic rings. The molecule has 0 aliphatic carbocycles. The van der Waals surface area contributed by atoms with E-state index in [-0.39, 0.29) is 11.6 Å². The summed E-state index contributed by atoms with van der Waals surface area (Å²) in [4.78, 5) is 9.67. The molecule has 0 saturated carbocycles. The molecule has 2 aromatic heterocycles. The van der Waals surface area contributed by atoms with Crippen LogP contribution in [0, 0.1) is 6.92 Å². The summed E-state index contributed by atoms with van der Waals surface area (Å²) in [5.41, 5.74) is 2.86. The van der Waals surface area contributed by atoms with E-state index < -0.39 is 12.0 Å². The van der Waals surface area contributed by atoms with Crippen molar-refractivity contribution >= 4 is 0 Å². The molecule has 1 aromatic carbocycles. The highest BCUT2D eigenvalue weighted by atomic mass is 19.4. The summed E-state index contributed by atoms with van der Waals surface area (Å²) in [6.07, 6.45) is -0.0496. The maximum absolute atomic E-state index is 12.3. The summed E-state index contributed by atoms with van der Waals surface area (Å²) in [7, 11) is 0. The summed E-state index contributed by atoms with van der Waals surface area (Å²) in [5.74, 6) is 1.09. The lowest BCUT2D eigenvalue weighted by atomic mass is 9.96. The van der Waals surface area contributed by atoms with Crippen molar-refractivity contribution in [3.05, 3.63) is 66.1 Å². The topological polar surface area (TPSA) is 91.5 Å². The quantitative estimate of drug-likeness (QED) is 0.662. The van der Waals surface area contributed by atoms with Crippen LogP contribution in [0.1, 0.15) is 18.4 Å². The third-order valence-electron chi connectivity index (χ3n) is 4.15. The Labute approximate surface area is 168 Å². The molecule has 0 spiro atoms. The van der Waals surface area contributed by atoms with Gasteiger partial charge in [0.25, 0.3) is 0 Å². The first-order chi connectivity index (χ1) is 14.2. The molecule has 11 heteroatoms. The molecular weight excluding hydrogens is 405 g/mol. The largest absolute Gasteiger partial charge is 0.573 e. The van der Waals surface area contributed by atoms with Gasteiger partial charge in [-0.05, 0) is 30.7 Å². The normalized spacial score (nSPS) is 18.6. The van der Waals surface area contributed by atoms with Crippen molar-refractivity contribution in [1.29, 1.82) is 0 Å². The molecule has 1 atom stereocenters. The van der Waals surface area contributed by atoms with Crippen molar-refractivity contribution in [2.75, 3.05) is 0 Å². The highest BCUT2D eigenvalue weighted by Gasteiger charge is 2.34. The van der Waals surface area contributed by atoms with Crippen LogP contribution in [0.25, 0.3) is 11.5 Å². The van der Waals surface area contributed by atoms with Crippen LogP contribution in [0.3, 0.4) is 0 Å². The second-order valence-electron chi connectivity index (χ2n) is 6.53. The molecule has 0 fully saturated rings. The summed E-state index contributed by atoms with van der Waals surface area (Å²) >= 11 is 0. The van der Waals surface area contributed by atoms with Crippen LogP contribution >= 0.6 is 0 Å². The van der Waals surface area contributed by atoms with Crippen molar-refractivity contribution < 1.29 is 31.9 Å². The van der Waals surface area contributed by atoms with Gasteiger partial charge in [0.05, 0.1) is 11.8 Å². The molecule has 1 N–H and O–H groups in total. The molecule has 1 aliphatic rings. The fourth-order valence-electron chi connectivity index (χ4n) is 2.78. The van der Waals surface area contributed by atoms with E-state index >= 15 is 0 Å². The van der Waals surface area contributed by atoms with Crippen LogP contribution in [0.2, 0.25) is 0 Å². The second kappa shape index (κ2) is 7.34. The zero-order valence-electron chi connectivity index (χ0n) is 15.7. The Morgan fingerprint density at radius 2 is 1.83 bits per heavy atom. The number of hydrogen-bond acceptors (Lipinski definition) is 8. The van der Waals surface area contributed by atoms with E-state index in [0.717, 1.165) is 0 Å². The van der Waals surface area contributed by atoms with Gasteiger partial charge in [0, 0.05) is 19.2 Å². The standard InChI is InChI=1S/C19H15F3N4O4/c1-11-24-25-17(27-11)12-7-15(10-23-9-12)28-16-8-18(2,30-26-16)13-3-5-14(6-4-13)29-19(20,21)22/h3-10,26H,1-2H3. The van der Waals surface area contributed by atoms with E-state index in [2.05, 4.69) is 25.4 Å². The first-order valence-electron chi connectivity index (χ1n) is 8.67. The molecule has 3 heterocycles. The third kappa shape index (κ3) is 4.35. The van der Waals surface area contributed by atoms with Gasteiger partial charge in [-0.25, -0.2) is 5.48 Å². The number of nitrogens with one attached hydrogen (secondary N) is 1. The Balaban J connectivity index is 1.49. The Kier molecular flexibility index (Phi) is 4.82. The number of aromatic nitrogens is 3. The van der Waals surface area contributed by atoms with E-state index in [1.54, 1.807) is 32.2 Å². The minimum atomic E-state index is -4.75. The Morgan fingerprint density at radius 3 is 2.50 bits per heavy atom. The van der Waals surface area contributed by atoms with Gasteiger partial charge >= 0.3 is 6.36 Å². The van der Waals surface area contributed by atoms with Crippen LogP contribution < -0.4 is 15.0 Å². The monoisotopic (exact) mass is 420 g/mol. The number of hydroxylamine groups is 1. The van der Waals surface area contributed by atoms with Crippen molar-refractivity contribution in [2.45, 2.75) is 25.8 Å². The number of rotatable bonds is 5. The van der Waals surface area contributed by atoms with Crippen LogP contribution in [-0.4, -0.2) is 21.5 Å². The smallest absolute Gasteiger partial charge is 0.438 e. The molecule has 0 bridgehead atoms. The highest BCUT2D eigenvalue weighted by molar-refractivity contribution is 5.53. The summed E-state index contributed by atoms with van der Waals surface area (Å²) in [6, 6.07) is 7.04. The number of aryl methyl sites for hydroxylation is 1. The van der Waals surface area contributed by atoms with Crippen molar-refractivity contribution in [3.8, 4) is 23.0 Å². The Bertz CT molecular complexity index is 1080. The zero-order valence-corrected chi connectivity index (χ0v) is 15.7. The fourth-order valence-corrected chi connectivity index (χ4v) is 2.78. The fraction of sp³-hybridized carbons (Fsp3) is 0.211. The van der Waals surface area contributed by atoms with Crippen molar-refractivity contribution in [3.63, 3.8) is 0 Å². The van der Waals surface area contributed by atoms with Crippen molar-refractivity contribution in [2.24, 2.45) is 0 Å². The van der Waals surface area contributed by atoms with Gasteiger partial charge in [0.2, 0.25) is 17.7 Å². The lowest BCUT2D eigenvalue weighted by Crippen LogP contribution is -2.23. The van der Waals surface area contributed by atoms with Gasteiger partial charge in [0.1, 0.15) is 17.1 Å². The molecule has 1 unspecified atom stereocenters. The number of halogens is 3. The summed E-state index contributed by atoms with van der Waals surface area (Å²) < 4.78 is 51.9. The van der Waals surface area contributed by atoms with Crippen LogP contribution in [0.5, 0.6) is 11.5 Å². The van der Waals surface area contributed by atoms with Gasteiger partial charge in [-0.3, -0.25) is 9.82 Å². The maximum Gasteiger partial charge on any atom is 0.573 e. The Hall–Kier alpha value is -3.60. The van der Waals surface area contributed by atoms with Crippen molar-refractivity contribution in [1.82, 2.24) is 20.7 Å². The average molecular weight is 420 g/mol. The molecule has 30 heavy (non-hydrogen) atoms. The van der Waals surface area contributed by atoms with Crippen LogP contribution in [0.15, 0.2) is 59.1 Å². The molecule has 156 valence electrons. The van der Waals surface area contributed by atoms with E-state index in [1.807, 2.05) is 0 Å². The molecule has 0 amide bonds. The van der Waals surface area contributed by atoms with Gasteiger partial charge in [-0.1, -0.05) is 12.1 Å². The Morgan fingerprint density at radius 1 is 1.07 bits per heavy atom. The maximum atomic E-state index is 12.3. The minimum Gasteiger partial charge on any atom is -0.438 e. The number of nitrogens with zero attached hydrogens (tertiary/aromatic N) is 3. The molecular formula is C19H15F3N4O4. The first kappa shape index (κ1) is 19.7. The third-order valence-corrected chi connectivity index (χ3v) is 4.15. The molecule has 1 aliphatic heterocycles. The van der Waals surface area contributed by atoms with E-state index in [1.165, 1.54) is 30.5 Å². The first-order valence-corrected chi connectivity index (χ1v) is 8.67. The zero-order chi connectivity index (χ0) is 21.4. The minimum absolute atomic E-state index is 0.286. The lowest BCUT2D eigenvalue weighted by Gasteiger charge is -2.20.